The van der Waals surface area contributed by atoms with Crippen molar-refractivity contribution in [1.29, 1.82) is 0 Å². The van der Waals surface area contributed by atoms with Crippen molar-refractivity contribution in [3.8, 4) is 0 Å². The third-order valence-corrected chi connectivity index (χ3v) is 1.91. The van der Waals surface area contributed by atoms with E-state index in [0.29, 0.717) is 17.6 Å². The highest BCUT2D eigenvalue weighted by molar-refractivity contribution is 5.81. The Morgan fingerprint density at radius 2 is 2.56 bits per heavy atom. The SMILES string of the molecule is C=CC[C@@H]1C[C@H]1C(C)=O. The first-order chi connectivity index (χ1) is 4.25. The maximum absolute atomic E-state index is 10.7. The lowest BCUT2D eigenvalue weighted by atomic mass is 10.2. The standard InChI is InChI=1S/C8H12O/c1-3-4-7-5-8(7)6(2)9/h3,7-8H,1,4-5H2,2H3/t7-,8+/m1/s1. The Bertz CT molecular complexity index is 138. The molecule has 0 heterocycles. The number of hydrogen-bond donors (Lipinski definition) is 0. The summed E-state index contributed by atoms with van der Waals surface area (Å²) in [7, 11) is 0. The zero-order valence-corrected chi connectivity index (χ0v) is 5.76. The predicted molar refractivity (Wildman–Crippen MR) is 37.1 cm³/mol. The molecule has 0 aromatic heterocycles. The zero-order chi connectivity index (χ0) is 6.85. The Labute approximate surface area is 55.8 Å². The summed E-state index contributed by atoms with van der Waals surface area (Å²) in [6.45, 7) is 5.30. The van der Waals surface area contributed by atoms with Gasteiger partial charge in [-0.1, -0.05) is 6.08 Å². The van der Waals surface area contributed by atoms with Gasteiger partial charge in [0.2, 0.25) is 0 Å². The summed E-state index contributed by atoms with van der Waals surface area (Å²) in [5.74, 6) is 1.37. The molecule has 0 saturated heterocycles. The number of hydrogen-bond acceptors (Lipinski definition) is 1. The predicted octanol–water partition coefficient (Wildman–Crippen LogP) is 1.79. The monoisotopic (exact) mass is 124 g/mol. The lowest BCUT2D eigenvalue weighted by Gasteiger charge is -1.87. The smallest absolute Gasteiger partial charge is 0.133 e. The van der Waals surface area contributed by atoms with Crippen molar-refractivity contribution < 1.29 is 4.79 Å². The van der Waals surface area contributed by atoms with Crippen LogP contribution in [0.3, 0.4) is 0 Å². The van der Waals surface area contributed by atoms with Crippen molar-refractivity contribution in [3.05, 3.63) is 12.7 Å². The number of Topliss-reactive ketones (excluding diaryl/α,β-unsaturated/α-hetero) is 1. The fourth-order valence-electron chi connectivity index (χ4n) is 1.22. The van der Waals surface area contributed by atoms with E-state index in [1.807, 2.05) is 6.08 Å². The van der Waals surface area contributed by atoms with Crippen molar-refractivity contribution in [2.75, 3.05) is 0 Å². The number of carbonyl (C=O) groups is 1. The van der Waals surface area contributed by atoms with Crippen molar-refractivity contribution in [2.24, 2.45) is 11.8 Å². The summed E-state index contributed by atoms with van der Waals surface area (Å²) in [5.41, 5.74) is 0. The van der Waals surface area contributed by atoms with Crippen LogP contribution in [0.25, 0.3) is 0 Å². The van der Waals surface area contributed by atoms with Crippen LogP contribution in [-0.2, 0) is 4.79 Å². The van der Waals surface area contributed by atoms with Crippen molar-refractivity contribution in [1.82, 2.24) is 0 Å². The van der Waals surface area contributed by atoms with Gasteiger partial charge in [-0.05, 0) is 25.7 Å². The van der Waals surface area contributed by atoms with Crippen LogP contribution in [-0.4, -0.2) is 5.78 Å². The molecule has 0 radical (unpaired) electrons. The van der Waals surface area contributed by atoms with Gasteiger partial charge in [0.25, 0.3) is 0 Å². The van der Waals surface area contributed by atoms with Gasteiger partial charge in [0.1, 0.15) is 5.78 Å². The van der Waals surface area contributed by atoms with E-state index in [1.54, 1.807) is 6.92 Å². The zero-order valence-electron chi connectivity index (χ0n) is 5.76. The van der Waals surface area contributed by atoms with Crippen LogP contribution >= 0.6 is 0 Å². The molecule has 1 aliphatic rings. The van der Waals surface area contributed by atoms with E-state index in [9.17, 15) is 4.79 Å². The average molecular weight is 124 g/mol. The Morgan fingerprint density at radius 1 is 1.89 bits per heavy atom. The Kier molecular flexibility index (Phi) is 1.70. The molecule has 2 atom stereocenters. The topological polar surface area (TPSA) is 17.1 Å². The van der Waals surface area contributed by atoms with Crippen LogP contribution in [0.15, 0.2) is 12.7 Å². The molecule has 0 aliphatic heterocycles. The molecule has 0 amide bonds. The normalized spacial score (nSPS) is 31.7. The minimum atomic E-state index is 0.349. The van der Waals surface area contributed by atoms with Gasteiger partial charge < -0.3 is 0 Å². The second kappa shape index (κ2) is 2.34. The quantitative estimate of drug-likeness (QED) is 0.524. The average Bonchev–Trinajstić information content (AvgIpc) is 2.47. The second-order valence-corrected chi connectivity index (χ2v) is 2.74. The van der Waals surface area contributed by atoms with Crippen molar-refractivity contribution >= 4 is 5.78 Å². The molecule has 0 spiro atoms. The highest BCUT2D eigenvalue weighted by Crippen LogP contribution is 2.41. The molecule has 0 N–H and O–H groups in total. The van der Waals surface area contributed by atoms with Gasteiger partial charge in [-0.2, -0.15) is 0 Å². The molecule has 1 nitrogen and oxygen atoms in total. The number of rotatable bonds is 3. The molecule has 1 aliphatic carbocycles. The fraction of sp³-hybridized carbons (Fsp3) is 0.625. The molecule has 0 bridgehead atoms. The van der Waals surface area contributed by atoms with Gasteiger partial charge in [0.15, 0.2) is 0 Å². The Balaban J connectivity index is 2.24. The number of allylic oxidation sites excluding steroid dienone is 1. The summed E-state index contributed by atoms with van der Waals surface area (Å²) < 4.78 is 0. The van der Waals surface area contributed by atoms with Gasteiger partial charge >= 0.3 is 0 Å². The highest BCUT2D eigenvalue weighted by atomic mass is 16.1. The highest BCUT2D eigenvalue weighted by Gasteiger charge is 2.38. The summed E-state index contributed by atoms with van der Waals surface area (Å²) in [6, 6.07) is 0. The molecule has 1 rings (SSSR count). The van der Waals surface area contributed by atoms with E-state index in [-0.39, 0.29) is 0 Å². The van der Waals surface area contributed by atoms with Crippen LogP contribution in [0.5, 0.6) is 0 Å². The Hall–Kier alpha value is -0.590. The lowest BCUT2D eigenvalue weighted by molar-refractivity contribution is -0.118. The molecule has 1 saturated carbocycles. The fourth-order valence-corrected chi connectivity index (χ4v) is 1.22. The summed E-state index contributed by atoms with van der Waals surface area (Å²) in [6.07, 6.45) is 4.01. The minimum absolute atomic E-state index is 0.349. The minimum Gasteiger partial charge on any atom is -0.300 e. The lowest BCUT2D eigenvalue weighted by Crippen LogP contribution is -1.93. The van der Waals surface area contributed by atoms with Crippen LogP contribution < -0.4 is 0 Å². The van der Waals surface area contributed by atoms with Gasteiger partial charge in [0.05, 0.1) is 0 Å². The molecular weight excluding hydrogens is 112 g/mol. The molecule has 0 aromatic carbocycles. The van der Waals surface area contributed by atoms with Crippen LogP contribution in [0, 0.1) is 11.8 Å². The maximum Gasteiger partial charge on any atom is 0.133 e. The Morgan fingerprint density at radius 3 is 2.89 bits per heavy atom. The van der Waals surface area contributed by atoms with Gasteiger partial charge in [0, 0.05) is 5.92 Å². The maximum atomic E-state index is 10.7. The number of carbonyl (C=O) groups excluding carboxylic acids is 1. The van der Waals surface area contributed by atoms with Gasteiger partial charge in [-0.3, -0.25) is 4.79 Å². The third-order valence-electron chi connectivity index (χ3n) is 1.91. The molecule has 50 valence electrons. The molecular formula is C8H12O. The van der Waals surface area contributed by atoms with Crippen molar-refractivity contribution in [3.63, 3.8) is 0 Å². The van der Waals surface area contributed by atoms with E-state index in [4.69, 9.17) is 0 Å². The van der Waals surface area contributed by atoms with Crippen LogP contribution in [0.2, 0.25) is 0 Å². The molecule has 0 aromatic rings. The van der Waals surface area contributed by atoms with Crippen molar-refractivity contribution in [2.45, 2.75) is 19.8 Å². The molecule has 1 fully saturated rings. The number of ketones is 1. The van der Waals surface area contributed by atoms with E-state index < -0.39 is 0 Å². The summed E-state index contributed by atoms with van der Waals surface area (Å²) >= 11 is 0. The van der Waals surface area contributed by atoms with Crippen LogP contribution in [0.4, 0.5) is 0 Å². The third kappa shape index (κ3) is 1.41. The van der Waals surface area contributed by atoms with E-state index in [1.165, 1.54) is 0 Å². The second-order valence-electron chi connectivity index (χ2n) is 2.74. The first-order valence-corrected chi connectivity index (χ1v) is 3.37. The molecule has 0 unspecified atom stereocenters. The summed E-state index contributed by atoms with van der Waals surface area (Å²) in [4.78, 5) is 10.7. The van der Waals surface area contributed by atoms with E-state index >= 15 is 0 Å². The van der Waals surface area contributed by atoms with Crippen LogP contribution in [0.1, 0.15) is 19.8 Å². The summed E-state index contributed by atoms with van der Waals surface area (Å²) in [5, 5.41) is 0. The first-order valence-electron chi connectivity index (χ1n) is 3.37. The van der Waals surface area contributed by atoms with E-state index in [2.05, 4.69) is 6.58 Å². The molecule has 9 heavy (non-hydrogen) atoms. The first kappa shape index (κ1) is 6.53. The van der Waals surface area contributed by atoms with E-state index in [0.717, 1.165) is 12.8 Å². The van der Waals surface area contributed by atoms with Gasteiger partial charge in [-0.15, -0.1) is 6.58 Å². The van der Waals surface area contributed by atoms with Gasteiger partial charge in [-0.25, -0.2) is 0 Å². The largest absolute Gasteiger partial charge is 0.300 e. The molecule has 1 heteroatoms.